The summed E-state index contributed by atoms with van der Waals surface area (Å²) in [4.78, 5) is 11.5. The Morgan fingerprint density at radius 1 is 1.00 bits per heavy atom. The second-order valence-corrected chi connectivity index (χ2v) is 3.55. The van der Waals surface area contributed by atoms with E-state index in [1.165, 1.54) is 18.4 Å². The largest absolute Gasteiger partial charge is 0.294 e. The van der Waals surface area contributed by atoms with Gasteiger partial charge in [-0.3, -0.25) is 4.79 Å². The molecule has 2 aliphatic rings. The molecule has 2 aliphatic carbocycles. The van der Waals surface area contributed by atoms with Crippen molar-refractivity contribution in [2.24, 2.45) is 0 Å². The highest BCUT2D eigenvalue weighted by molar-refractivity contribution is 6.00. The lowest BCUT2D eigenvalue weighted by molar-refractivity contribution is -0.115. The van der Waals surface area contributed by atoms with Gasteiger partial charge in [-0.05, 0) is 37.7 Å². The zero-order valence-electron chi connectivity index (χ0n) is 7.31. The first-order valence-corrected chi connectivity index (χ1v) is 4.81. The Labute approximate surface area is 73.2 Å². The van der Waals surface area contributed by atoms with Crippen LogP contribution in [0.4, 0.5) is 0 Å². The molecule has 0 spiro atoms. The van der Waals surface area contributed by atoms with E-state index in [1.54, 1.807) is 0 Å². The standard InChI is InChI=1S/C11H14O/c12-11-8-4-3-7-10(11)9-5-1-2-6-9/h5,7H,1-4,6,8H2. The Bertz CT molecular complexity index is 258. The summed E-state index contributed by atoms with van der Waals surface area (Å²) in [5.41, 5.74) is 2.36. The molecule has 1 heteroatoms. The lowest BCUT2D eigenvalue weighted by atomic mass is 9.92. The Kier molecular flexibility index (Phi) is 2.11. The molecule has 0 aromatic heterocycles. The first-order chi connectivity index (χ1) is 5.88. The van der Waals surface area contributed by atoms with Crippen LogP contribution in [-0.4, -0.2) is 5.78 Å². The Morgan fingerprint density at radius 2 is 1.75 bits per heavy atom. The van der Waals surface area contributed by atoms with Gasteiger partial charge in [-0.2, -0.15) is 0 Å². The first kappa shape index (κ1) is 7.78. The zero-order valence-corrected chi connectivity index (χ0v) is 7.31. The summed E-state index contributed by atoms with van der Waals surface area (Å²) < 4.78 is 0. The van der Waals surface area contributed by atoms with Crippen molar-refractivity contribution < 1.29 is 4.79 Å². The number of ketones is 1. The summed E-state index contributed by atoms with van der Waals surface area (Å²) in [5.74, 6) is 0.370. The van der Waals surface area contributed by atoms with E-state index in [4.69, 9.17) is 0 Å². The normalized spacial score (nSPS) is 23.8. The highest BCUT2D eigenvalue weighted by Gasteiger charge is 2.18. The molecule has 0 aliphatic heterocycles. The number of Topliss-reactive ketones (excluding diaryl/α,β-unsaturated/α-hetero) is 1. The van der Waals surface area contributed by atoms with Gasteiger partial charge in [0.2, 0.25) is 0 Å². The average molecular weight is 162 g/mol. The van der Waals surface area contributed by atoms with Crippen molar-refractivity contribution in [2.45, 2.75) is 38.5 Å². The van der Waals surface area contributed by atoms with Gasteiger partial charge < -0.3 is 0 Å². The van der Waals surface area contributed by atoms with Crippen molar-refractivity contribution in [3.05, 3.63) is 23.3 Å². The Morgan fingerprint density at radius 3 is 2.42 bits per heavy atom. The summed E-state index contributed by atoms with van der Waals surface area (Å²) in [6, 6.07) is 0. The van der Waals surface area contributed by atoms with E-state index in [-0.39, 0.29) is 0 Å². The minimum atomic E-state index is 0.370. The fourth-order valence-electron chi connectivity index (χ4n) is 1.98. The molecule has 0 atom stereocenters. The number of carbonyl (C=O) groups excluding carboxylic acids is 1. The van der Waals surface area contributed by atoms with E-state index < -0.39 is 0 Å². The van der Waals surface area contributed by atoms with Gasteiger partial charge in [0.15, 0.2) is 5.78 Å². The molecule has 2 rings (SSSR count). The molecular formula is C11H14O. The molecule has 0 aromatic carbocycles. The van der Waals surface area contributed by atoms with E-state index in [0.29, 0.717) is 5.78 Å². The number of rotatable bonds is 1. The first-order valence-electron chi connectivity index (χ1n) is 4.81. The molecule has 0 heterocycles. The number of allylic oxidation sites excluding steroid dienone is 4. The number of carbonyl (C=O) groups is 1. The highest BCUT2D eigenvalue weighted by Crippen LogP contribution is 2.28. The maximum absolute atomic E-state index is 11.5. The summed E-state index contributed by atoms with van der Waals surface area (Å²) in [6.45, 7) is 0. The Balaban J connectivity index is 2.20. The summed E-state index contributed by atoms with van der Waals surface area (Å²) in [6.07, 6.45) is 10.8. The van der Waals surface area contributed by atoms with Gasteiger partial charge in [0.05, 0.1) is 0 Å². The molecule has 1 nitrogen and oxygen atoms in total. The molecular weight excluding hydrogens is 148 g/mol. The quantitative estimate of drug-likeness (QED) is 0.579. The highest BCUT2D eigenvalue weighted by atomic mass is 16.1. The molecule has 64 valence electrons. The van der Waals surface area contributed by atoms with Crippen molar-refractivity contribution in [1.82, 2.24) is 0 Å². The van der Waals surface area contributed by atoms with Gasteiger partial charge >= 0.3 is 0 Å². The number of hydrogen-bond acceptors (Lipinski definition) is 1. The van der Waals surface area contributed by atoms with Crippen molar-refractivity contribution in [3.63, 3.8) is 0 Å². The van der Waals surface area contributed by atoms with Crippen LogP contribution in [0.2, 0.25) is 0 Å². The van der Waals surface area contributed by atoms with Crippen LogP contribution in [0.15, 0.2) is 23.3 Å². The van der Waals surface area contributed by atoms with Crippen LogP contribution in [0.3, 0.4) is 0 Å². The second-order valence-electron chi connectivity index (χ2n) is 3.55. The van der Waals surface area contributed by atoms with Crippen molar-refractivity contribution >= 4 is 5.78 Å². The summed E-state index contributed by atoms with van der Waals surface area (Å²) in [5, 5.41) is 0. The van der Waals surface area contributed by atoms with Gasteiger partial charge in [-0.1, -0.05) is 12.2 Å². The van der Waals surface area contributed by atoms with Crippen LogP contribution in [-0.2, 0) is 4.79 Å². The van der Waals surface area contributed by atoms with Gasteiger partial charge in [-0.15, -0.1) is 0 Å². The predicted molar refractivity (Wildman–Crippen MR) is 48.9 cm³/mol. The average Bonchev–Trinajstić information content (AvgIpc) is 2.57. The van der Waals surface area contributed by atoms with E-state index in [1.807, 2.05) is 0 Å². The molecule has 12 heavy (non-hydrogen) atoms. The van der Waals surface area contributed by atoms with E-state index >= 15 is 0 Å². The zero-order chi connectivity index (χ0) is 8.39. The molecule has 0 fully saturated rings. The fourth-order valence-corrected chi connectivity index (χ4v) is 1.98. The SMILES string of the molecule is O=C1CCCC=C1C1=CCCC1. The maximum atomic E-state index is 11.5. The minimum absolute atomic E-state index is 0.370. The second kappa shape index (κ2) is 3.26. The van der Waals surface area contributed by atoms with E-state index in [9.17, 15) is 4.79 Å². The lowest BCUT2D eigenvalue weighted by Gasteiger charge is -2.11. The minimum Gasteiger partial charge on any atom is -0.294 e. The molecule has 0 aromatic rings. The summed E-state index contributed by atoms with van der Waals surface area (Å²) in [7, 11) is 0. The number of hydrogen-bond donors (Lipinski definition) is 0. The lowest BCUT2D eigenvalue weighted by Crippen LogP contribution is -2.08. The molecule has 0 N–H and O–H groups in total. The van der Waals surface area contributed by atoms with Crippen molar-refractivity contribution in [1.29, 1.82) is 0 Å². The fraction of sp³-hybridized carbons (Fsp3) is 0.545. The maximum Gasteiger partial charge on any atom is 0.162 e. The van der Waals surface area contributed by atoms with Crippen LogP contribution in [0.5, 0.6) is 0 Å². The molecule has 0 bridgehead atoms. The third kappa shape index (κ3) is 1.36. The van der Waals surface area contributed by atoms with Crippen LogP contribution in [0, 0.1) is 0 Å². The summed E-state index contributed by atoms with van der Waals surface area (Å²) >= 11 is 0. The van der Waals surface area contributed by atoms with Gasteiger partial charge in [0.1, 0.15) is 0 Å². The smallest absolute Gasteiger partial charge is 0.162 e. The van der Waals surface area contributed by atoms with Gasteiger partial charge in [0.25, 0.3) is 0 Å². The van der Waals surface area contributed by atoms with Crippen molar-refractivity contribution in [3.8, 4) is 0 Å². The van der Waals surface area contributed by atoms with Gasteiger partial charge in [-0.25, -0.2) is 0 Å². The third-order valence-corrected chi connectivity index (χ3v) is 2.64. The van der Waals surface area contributed by atoms with Gasteiger partial charge in [0, 0.05) is 12.0 Å². The molecule has 0 saturated heterocycles. The van der Waals surface area contributed by atoms with Crippen LogP contribution < -0.4 is 0 Å². The third-order valence-electron chi connectivity index (χ3n) is 2.64. The molecule has 0 amide bonds. The monoisotopic (exact) mass is 162 g/mol. The molecule has 0 unspecified atom stereocenters. The van der Waals surface area contributed by atoms with E-state index in [2.05, 4.69) is 12.2 Å². The Hall–Kier alpha value is -0.850. The topological polar surface area (TPSA) is 17.1 Å². The van der Waals surface area contributed by atoms with Crippen molar-refractivity contribution in [2.75, 3.05) is 0 Å². The molecule has 0 radical (unpaired) electrons. The van der Waals surface area contributed by atoms with Crippen LogP contribution in [0.25, 0.3) is 0 Å². The van der Waals surface area contributed by atoms with Crippen LogP contribution in [0.1, 0.15) is 38.5 Å². The van der Waals surface area contributed by atoms with Crippen LogP contribution >= 0.6 is 0 Å². The predicted octanol–water partition coefficient (Wildman–Crippen LogP) is 2.78. The van der Waals surface area contributed by atoms with E-state index in [0.717, 1.165) is 31.3 Å². The molecule has 0 saturated carbocycles.